The highest BCUT2D eigenvalue weighted by Gasteiger charge is 2.05. The summed E-state index contributed by atoms with van der Waals surface area (Å²) in [6, 6.07) is 13.5. The highest BCUT2D eigenvalue weighted by molar-refractivity contribution is 5.75. The van der Waals surface area contributed by atoms with Crippen molar-refractivity contribution in [2.24, 2.45) is 0 Å². The fourth-order valence-corrected chi connectivity index (χ4v) is 1.92. The summed E-state index contributed by atoms with van der Waals surface area (Å²) in [5.41, 5.74) is 2.87. The summed E-state index contributed by atoms with van der Waals surface area (Å²) in [7, 11) is 0. The van der Waals surface area contributed by atoms with Crippen molar-refractivity contribution in [2.75, 3.05) is 0 Å². The van der Waals surface area contributed by atoms with Gasteiger partial charge in [0.1, 0.15) is 17.8 Å². The molecule has 0 aromatic heterocycles. The second kappa shape index (κ2) is 5.70. The van der Waals surface area contributed by atoms with Gasteiger partial charge in [-0.05, 0) is 54.3 Å². The Hall–Kier alpha value is -2.09. The number of hydrogen-bond donors (Lipinski definition) is 0. The minimum atomic E-state index is 0.474. The lowest BCUT2D eigenvalue weighted by atomic mass is 10.0. The smallest absolute Gasteiger partial charge is 0.150 e. The van der Waals surface area contributed by atoms with Crippen molar-refractivity contribution in [1.82, 2.24) is 0 Å². The summed E-state index contributed by atoms with van der Waals surface area (Å²) < 4.78 is 5.88. The molecule has 0 radical (unpaired) electrons. The Bertz CT molecular complexity index is 586. The van der Waals surface area contributed by atoms with Crippen LogP contribution in [0.2, 0.25) is 0 Å². The van der Waals surface area contributed by atoms with Crippen molar-refractivity contribution in [1.29, 1.82) is 0 Å². The number of carbonyl (C=O) groups excluding carboxylic acids is 1. The quantitative estimate of drug-likeness (QED) is 0.738. The van der Waals surface area contributed by atoms with Crippen LogP contribution in [0.25, 0.3) is 0 Å². The van der Waals surface area contributed by atoms with Gasteiger partial charge in [-0.25, -0.2) is 0 Å². The van der Waals surface area contributed by atoms with Crippen molar-refractivity contribution in [3.8, 4) is 11.5 Å². The first-order chi connectivity index (χ1) is 9.10. The van der Waals surface area contributed by atoms with E-state index < -0.39 is 0 Å². The highest BCUT2D eigenvalue weighted by atomic mass is 16.5. The largest absolute Gasteiger partial charge is 0.457 e. The molecule has 0 spiro atoms. The highest BCUT2D eigenvalue weighted by Crippen LogP contribution is 2.27. The fraction of sp³-hybridized carbons (Fsp3) is 0.235. The Labute approximate surface area is 114 Å². The van der Waals surface area contributed by atoms with E-state index in [1.807, 2.05) is 31.2 Å². The van der Waals surface area contributed by atoms with E-state index in [1.165, 1.54) is 5.56 Å². The van der Waals surface area contributed by atoms with Gasteiger partial charge in [0.05, 0.1) is 0 Å². The van der Waals surface area contributed by atoms with E-state index in [0.29, 0.717) is 11.5 Å². The first-order valence-electron chi connectivity index (χ1n) is 6.44. The van der Waals surface area contributed by atoms with Gasteiger partial charge < -0.3 is 4.74 Å². The molecule has 2 heteroatoms. The SMILES string of the molecule is Cc1cc(C=O)ccc1Oc1cccc(C(C)C)c1. The molecule has 0 unspecified atom stereocenters. The van der Waals surface area contributed by atoms with Crippen molar-refractivity contribution in [2.45, 2.75) is 26.7 Å². The molecule has 2 aromatic rings. The van der Waals surface area contributed by atoms with Gasteiger partial charge >= 0.3 is 0 Å². The second-order valence-electron chi connectivity index (χ2n) is 4.97. The zero-order chi connectivity index (χ0) is 13.8. The molecule has 0 aliphatic carbocycles. The molecule has 0 N–H and O–H groups in total. The molecule has 2 nitrogen and oxygen atoms in total. The average molecular weight is 254 g/mol. The van der Waals surface area contributed by atoms with Crippen LogP contribution < -0.4 is 4.74 Å². The van der Waals surface area contributed by atoms with Crippen LogP contribution >= 0.6 is 0 Å². The lowest BCUT2D eigenvalue weighted by Crippen LogP contribution is -1.92. The maximum Gasteiger partial charge on any atom is 0.150 e. The van der Waals surface area contributed by atoms with Gasteiger partial charge in [0.2, 0.25) is 0 Å². The summed E-state index contributed by atoms with van der Waals surface area (Å²) in [5, 5.41) is 0. The number of aryl methyl sites for hydroxylation is 1. The van der Waals surface area contributed by atoms with E-state index in [4.69, 9.17) is 4.74 Å². The monoisotopic (exact) mass is 254 g/mol. The molecule has 0 saturated heterocycles. The maximum atomic E-state index is 10.7. The molecule has 0 bridgehead atoms. The maximum absolute atomic E-state index is 10.7. The van der Waals surface area contributed by atoms with Crippen LogP contribution in [-0.2, 0) is 0 Å². The fourth-order valence-electron chi connectivity index (χ4n) is 1.92. The summed E-state index contributed by atoms with van der Waals surface area (Å²) in [6.45, 7) is 6.25. The predicted molar refractivity (Wildman–Crippen MR) is 77.2 cm³/mol. The minimum Gasteiger partial charge on any atom is -0.457 e. The number of ether oxygens (including phenoxy) is 1. The molecule has 2 rings (SSSR count). The van der Waals surface area contributed by atoms with E-state index in [1.54, 1.807) is 6.07 Å². The molecule has 0 amide bonds. The van der Waals surface area contributed by atoms with Crippen molar-refractivity contribution in [3.05, 3.63) is 59.2 Å². The molecule has 0 heterocycles. The molecule has 0 saturated carbocycles. The summed E-state index contributed by atoms with van der Waals surface area (Å²) in [6.07, 6.45) is 0.843. The van der Waals surface area contributed by atoms with Crippen molar-refractivity contribution >= 4 is 6.29 Å². The summed E-state index contributed by atoms with van der Waals surface area (Å²) >= 11 is 0. The van der Waals surface area contributed by atoms with Gasteiger partial charge in [-0.1, -0.05) is 26.0 Å². The second-order valence-corrected chi connectivity index (χ2v) is 4.97. The van der Waals surface area contributed by atoms with Crippen LogP contribution in [0.5, 0.6) is 11.5 Å². The Morgan fingerprint density at radius 2 is 1.89 bits per heavy atom. The average Bonchev–Trinajstić information content (AvgIpc) is 2.41. The van der Waals surface area contributed by atoms with E-state index in [-0.39, 0.29) is 0 Å². The van der Waals surface area contributed by atoms with Gasteiger partial charge in [0, 0.05) is 5.56 Å². The van der Waals surface area contributed by atoms with Crippen LogP contribution in [0.15, 0.2) is 42.5 Å². The molecule has 0 atom stereocenters. The molecular formula is C17H18O2. The summed E-state index contributed by atoms with van der Waals surface area (Å²) in [5.74, 6) is 2.08. The number of hydrogen-bond acceptors (Lipinski definition) is 2. The first-order valence-corrected chi connectivity index (χ1v) is 6.44. The van der Waals surface area contributed by atoms with Gasteiger partial charge in [-0.2, -0.15) is 0 Å². The van der Waals surface area contributed by atoms with Crippen molar-refractivity contribution in [3.63, 3.8) is 0 Å². The van der Waals surface area contributed by atoms with Crippen LogP contribution in [0.4, 0.5) is 0 Å². The zero-order valence-corrected chi connectivity index (χ0v) is 11.5. The van der Waals surface area contributed by atoms with Gasteiger partial charge in [0.25, 0.3) is 0 Å². The molecule has 0 fully saturated rings. The number of aldehydes is 1. The first kappa shape index (κ1) is 13.3. The lowest BCUT2D eigenvalue weighted by Gasteiger charge is -2.11. The van der Waals surface area contributed by atoms with Crippen LogP contribution in [0, 0.1) is 6.92 Å². The third-order valence-corrected chi connectivity index (χ3v) is 3.09. The standard InChI is InChI=1S/C17H18O2/c1-12(2)15-5-4-6-16(10-15)19-17-8-7-14(11-18)9-13(17)3/h4-12H,1-3H3. The number of carbonyl (C=O) groups is 1. The van der Waals surface area contributed by atoms with Crippen LogP contribution in [-0.4, -0.2) is 6.29 Å². The van der Waals surface area contributed by atoms with E-state index in [9.17, 15) is 4.79 Å². The Morgan fingerprint density at radius 3 is 2.53 bits per heavy atom. The van der Waals surface area contributed by atoms with E-state index in [0.717, 1.165) is 23.3 Å². The number of benzene rings is 2. The molecule has 98 valence electrons. The van der Waals surface area contributed by atoms with Crippen LogP contribution in [0.1, 0.15) is 41.3 Å². The molecule has 2 aromatic carbocycles. The molecule has 19 heavy (non-hydrogen) atoms. The lowest BCUT2D eigenvalue weighted by molar-refractivity contribution is 0.112. The normalized spacial score (nSPS) is 10.5. The Balaban J connectivity index is 2.26. The Kier molecular flexibility index (Phi) is 4.00. The van der Waals surface area contributed by atoms with Crippen LogP contribution in [0.3, 0.4) is 0 Å². The zero-order valence-electron chi connectivity index (χ0n) is 11.5. The Morgan fingerprint density at radius 1 is 1.11 bits per heavy atom. The van der Waals surface area contributed by atoms with Gasteiger partial charge in [-0.3, -0.25) is 4.79 Å². The third kappa shape index (κ3) is 3.22. The van der Waals surface area contributed by atoms with E-state index >= 15 is 0 Å². The third-order valence-electron chi connectivity index (χ3n) is 3.09. The number of rotatable bonds is 4. The minimum absolute atomic E-state index is 0.474. The van der Waals surface area contributed by atoms with Crippen molar-refractivity contribution < 1.29 is 9.53 Å². The summed E-state index contributed by atoms with van der Waals surface area (Å²) in [4.78, 5) is 10.7. The molecular weight excluding hydrogens is 236 g/mol. The molecule has 0 aliphatic rings. The van der Waals surface area contributed by atoms with Gasteiger partial charge in [0.15, 0.2) is 0 Å². The van der Waals surface area contributed by atoms with E-state index in [2.05, 4.69) is 26.0 Å². The van der Waals surface area contributed by atoms with Gasteiger partial charge in [-0.15, -0.1) is 0 Å². The molecule has 0 aliphatic heterocycles. The predicted octanol–water partition coefficient (Wildman–Crippen LogP) is 4.72. The topological polar surface area (TPSA) is 26.3 Å².